The van der Waals surface area contributed by atoms with Gasteiger partial charge in [-0.25, -0.2) is 12.8 Å². The number of benzene rings is 1. The smallest absolute Gasteiger partial charge is 0.252 e. The van der Waals surface area contributed by atoms with Crippen molar-refractivity contribution in [2.45, 2.75) is 24.0 Å². The van der Waals surface area contributed by atoms with Crippen LogP contribution >= 0.6 is 11.6 Å². The van der Waals surface area contributed by atoms with Gasteiger partial charge in [-0.05, 0) is 26.0 Å². The molecule has 0 atom stereocenters. The summed E-state index contributed by atoms with van der Waals surface area (Å²) >= 11 is 6.16. The number of nitrogens with zero attached hydrogens (tertiary/aromatic N) is 2. The van der Waals surface area contributed by atoms with Crippen LogP contribution in [-0.4, -0.2) is 29.5 Å². The van der Waals surface area contributed by atoms with Gasteiger partial charge in [0.15, 0.2) is 9.84 Å². The number of aromatic nitrogens is 2. The van der Waals surface area contributed by atoms with E-state index in [1.54, 1.807) is 0 Å². The fourth-order valence-corrected chi connectivity index (χ4v) is 4.17. The summed E-state index contributed by atoms with van der Waals surface area (Å²) < 4.78 is 39.0. The van der Waals surface area contributed by atoms with E-state index in [4.69, 9.17) is 17.3 Å². The fraction of sp³-hybridized carbons (Fsp3) is 0.167. The van der Waals surface area contributed by atoms with Crippen molar-refractivity contribution >= 4 is 49.6 Å². The van der Waals surface area contributed by atoms with Crippen LogP contribution < -0.4 is 11.1 Å². The molecule has 2 heterocycles. The maximum atomic E-state index is 13.5. The second-order valence-electron chi connectivity index (χ2n) is 6.32. The zero-order valence-corrected chi connectivity index (χ0v) is 16.5. The van der Waals surface area contributed by atoms with Crippen LogP contribution in [0.5, 0.6) is 0 Å². The quantitative estimate of drug-likeness (QED) is 0.650. The van der Waals surface area contributed by atoms with Crippen molar-refractivity contribution in [2.75, 3.05) is 5.32 Å². The highest BCUT2D eigenvalue weighted by atomic mass is 35.5. The van der Waals surface area contributed by atoms with Crippen LogP contribution in [0.1, 0.15) is 24.2 Å². The summed E-state index contributed by atoms with van der Waals surface area (Å²) in [5.41, 5.74) is 5.95. The lowest BCUT2D eigenvalue weighted by Crippen LogP contribution is -2.17. The van der Waals surface area contributed by atoms with E-state index in [0.29, 0.717) is 0 Å². The molecule has 1 aromatic carbocycles. The van der Waals surface area contributed by atoms with Gasteiger partial charge < -0.3 is 11.1 Å². The Hall–Kier alpha value is -2.78. The predicted molar refractivity (Wildman–Crippen MR) is 105 cm³/mol. The van der Waals surface area contributed by atoms with Gasteiger partial charge in [-0.2, -0.15) is 0 Å². The number of sulfone groups is 1. The highest BCUT2D eigenvalue weighted by Crippen LogP contribution is 2.35. The van der Waals surface area contributed by atoms with Gasteiger partial charge in [0.1, 0.15) is 5.82 Å². The van der Waals surface area contributed by atoms with Gasteiger partial charge in [0.05, 0.1) is 45.0 Å². The van der Waals surface area contributed by atoms with Gasteiger partial charge >= 0.3 is 0 Å². The monoisotopic (exact) mass is 422 g/mol. The number of amides is 1. The molecule has 0 bridgehead atoms. The number of halogens is 2. The van der Waals surface area contributed by atoms with E-state index in [0.717, 1.165) is 6.20 Å². The molecule has 28 heavy (non-hydrogen) atoms. The maximum absolute atomic E-state index is 13.5. The Morgan fingerprint density at radius 1 is 1.21 bits per heavy atom. The molecule has 10 heteroatoms. The maximum Gasteiger partial charge on any atom is 0.252 e. The van der Waals surface area contributed by atoms with Crippen molar-refractivity contribution < 1.29 is 17.6 Å². The number of hydrogen-bond donors (Lipinski definition) is 2. The molecule has 1 amide bonds. The molecule has 0 saturated heterocycles. The zero-order valence-electron chi connectivity index (χ0n) is 14.9. The molecule has 0 aliphatic rings. The number of pyridine rings is 2. The minimum absolute atomic E-state index is 0.00748. The van der Waals surface area contributed by atoms with Crippen molar-refractivity contribution in [1.29, 1.82) is 0 Å². The van der Waals surface area contributed by atoms with Crippen LogP contribution in [0.25, 0.3) is 10.9 Å². The topological polar surface area (TPSA) is 115 Å². The Labute approximate surface area is 165 Å². The summed E-state index contributed by atoms with van der Waals surface area (Å²) in [7, 11) is -3.72. The summed E-state index contributed by atoms with van der Waals surface area (Å²) in [6.45, 7) is 3.08. The fourth-order valence-electron chi connectivity index (χ4n) is 2.65. The summed E-state index contributed by atoms with van der Waals surface area (Å²) in [5.74, 6) is -1.39. The average Bonchev–Trinajstić information content (AvgIpc) is 2.61. The summed E-state index contributed by atoms with van der Waals surface area (Å²) in [5, 5.41) is 2.56. The first kappa shape index (κ1) is 20.0. The lowest BCUT2D eigenvalue weighted by Gasteiger charge is -2.16. The molecular formula is C18H16ClFN4O3S. The summed E-state index contributed by atoms with van der Waals surface area (Å²) in [6, 6.07) is 3.94. The largest absolute Gasteiger partial charge is 0.365 e. The van der Waals surface area contributed by atoms with Crippen molar-refractivity contribution in [3.63, 3.8) is 0 Å². The SMILES string of the molecule is CC(C)S(=O)(=O)c1cc(Cl)cc2c(Nc3cncc(F)c3)c(C(N)=O)cnc12. The highest BCUT2D eigenvalue weighted by molar-refractivity contribution is 7.92. The third kappa shape index (κ3) is 3.63. The van der Waals surface area contributed by atoms with Crippen LogP contribution in [-0.2, 0) is 9.84 Å². The lowest BCUT2D eigenvalue weighted by molar-refractivity contribution is 0.100. The first-order chi connectivity index (χ1) is 13.1. The van der Waals surface area contributed by atoms with Gasteiger partial charge in [-0.3, -0.25) is 14.8 Å². The molecule has 3 rings (SSSR count). The molecular weight excluding hydrogens is 407 g/mol. The molecule has 3 N–H and O–H groups in total. The third-order valence-electron chi connectivity index (χ3n) is 4.07. The Balaban J connectivity index is 2.36. The zero-order chi connectivity index (χ0) is 20.6. The van der Waals surface area contributed by atoms with Crippen LogP contribution in [0.4, 0.5) is 15.8 Å². The van der Waals surface area contributed by atoms with E-state index >= 15 is 0 Å². The third-order valence-corrected chi connectivity index (χ3v) is 6.45. The highest BCUT2D eigenvalue weighted by Gasteiger charge is 2.25. The molecule has 3 aromatic rings. The van der Waals surface area contributed by atoms with E-state index in [2.05, 4.69) is 15.3 Å². The minimum Gasteiger partial charge on any atom is -0.365 e. The van der Waals surface area contributed by atoms with Crippen LogP contribution in [0, 0.1) is 5.82 Å². The van der Waals surface area contributed by atoms with E-state index in [1.807, 2.05) is 0 Å². The van der Waals surface area contributed by atoms with Crippen molar-refractivity contribution in [1.82, 2.24) is 9.97 Å². The lowest BCUT2D eigenvalue weighted by atomic mass is 10.1. The molecule has 0 aliphatic carbocycles. The van der Waals surface area contributed by atoms with Crippen molar-refractivity contribution in [3.8, 4) is 0 Å². The summed E-state index contributed by atoms with van der Waals surface area (Å²) in [6.07, 6.45) is 3.54. The molecule has 7 nitrogen and oxygen atoms in total. The average molecular weight is 423 g/mol. The van der Waals surface area contributed by atoms with Crippen LogP contribution in [0.3, 0.4) is 0 Å². The molecule has 0 fully saturated rings. The predicted octanol–water partition coefficient (Wildman–Crippen LogP) is 3.45. The minimum atomic E-state index is -3.72. The molecule has 0 unspecified atom stereocenters. The number of fused-ring (bicyclic) bond motifs is 1. The Morgan fingerprint density at radius 3 is 2.54 bits per heavy atom. The van der Waals surface area contributed by atoms with Crippen molar-refractivity contribution in [3.05, 3.63) is 53.2 Å². The second kappa shape index (κ2) is 7.33. The van der Waals surface area contributed by atoms with Gasteiger partial charge in [-0.15, -0.1) is 0 Å². The second-order valence-corrected chi connectivity index (χ2v) is 9.23. The number of rotatable bonds is 5. The number of nitrogens with two attached hydrogens (primary N) is 1. The Bertz CT molecular complexity index is 1200. The van der Waals surface area contributed by atoms with Crippen LogP contribution in [0.15, 0.2) is 41.7 Å². The van der Waals surface area contributed by atoms with E-state index in [1.165, 1.54) is 44.4 Å². The Kier molecular flexibility index (Phi) is 5.22. The van der Waals surface area contributed by atoms with Crippen molar-refractivity contribution in [2.24, 2.45) is 5.73 Å². The van der Waals surface area contributed by atoms with Gasteiger partial charge in [0.2, 0.25) is 0 Å². The molecule has 146 valence electrons. The summed E-state index contributed by atoms with van der Waals surface area (Å²) in [4.78, 5) is 19.7. The molecule has 0 radical (unpaired) electrons. The standard InChI is InChI=1S/C18H16ClFN4O3S/c1-9(2)28(26,27)15-4-10(19)3-13-16(14(18(21)25)8-23-17(13)15)24-12-5-11(20)6-22-7-12/h3-9H,1-2H3,(H2,21,25)(H,23,24). The normalized spacial score (nSPS) is 11.8. The van der Waals surface area contributed by atoms with E-state index in [-0.39, 0.29) is 37.8 Å². The van der Waals surface area contributed by atoms with Gasteiger partial charge in [0, 0.05) is 22.7 Å². The van der Waals surface area contributed by atoms with Gasteiger partial charge in [0.25, 0.3) is 5.91 Å². The first-order valence-corrected chi connectivity index (χ1v) is 10.1. The molecule has 0 saturated carbocycles. The van der Waals surface area contributed by atoms with Gasteiger partial charge in [-0.1, -0.05) is 11.6 Å². The number of primary amides is 1. The number of hydrogen-bond acceptors (Lipinski definition) is 6. The number of nitrogens with one attached hydrogen (secondary N) is 1. The van der Waals surface area contributed by atoms with Crippen LogP contribution in [0.2, 0.25) is 5.02 Å². The number of carbonyl (C=O) groups excluding carboxylic acids is 1. The van der Waals surface area contributed by atoms with E-state index < -0.39 is 26.8 Å². The molecule has 2 aromatic heterocycles. The first-order valence-electron chi connectivity index (χ1n) is 8.14. The van der Waals surface area contributed by atoms with E-state index in [9.17, 15) is 17.6 Å². The Morgan fingerprint density at radius 2 is 1.93 bits per heavy atom. The molecule has 0 spiro atoms. The number of anilines is 2. The molecule has 0 aliphatic heterocycles. The number of carbonyl (C=O) groups is 1.